The molecule has 0 aliphatic carbocycles. The number of nitrogens with zero attached hydrogens (tertiary/aromatic N) is 2. The van der Waals surface area contributed by atoms with E-state index in [0.29, 0.717) is 11.4 Å². The van der Waals surface area contributed by atoms with Crippen molar-refractivity contribution in [2.45, 2.75) is 13.8 Å². The van der Waals surface area contributed by atoms with Crippen LogP contribution in [0.15, 0.2) is 48.5 Å². The van der Waals surface area contributed by atoms with E-state index in [2.05, 4.69) is 10.6 Å². The highest BCUT2D eigenvalue weighted by molar-refractivity contribution is 5.99. The standard InChI is InChI=1S/C19H20N4O5/c1-3-22(19(26)14-5-4-6-17(11-14)23(27)28)12-18(25)21-16-9-7-15(8-10-16)20-13(2)24/h4-11H,3,12H2,1-2H3,(H,20,24)(H,21,25). The van der Waals surface area contributed by atoms with Gasteiger partial charge in [0.2, 0.25) is 11.8 Å². The molecule has 0 saturated carbocycles. The van der Waals surface area contributed by atoms with Crippen LogP contribution in [0.5, 0.6) is 0 Å². The van der Waals surface area contributed by atoms with Crippen LogP contribution in [-0.2, 0) is 9.59 Å². The fraction of sp³-hybridized carbons (Fsp3) is 0.211. The van der Waals surface area contributed by atoms with E-state index in [-0.39, 0.29) is 30.2 Å². The quantitative estimate of drug-likeness (QED) is 0.561. The smallest absolute Gasteiger partial charge is 0.270 e. The molecule has 9 nitrogen and oxygen atoms in total. The number of hydrogen-bond donors (Lipinski definition) is 2. The molecule has 0 aliphatic heterocycles. The summed E-state index contributed by atoms with van der Waals surface area (Å²) in [6.07, 6.45) is 0. The molecule has 9 heteroatoms. The van der Waals surface area contributed by atoms with E-state index < -0.39 is 16.7 Å². The molecule has 3 amide bonds. The van der Waals surface area contributed by atoms with E-state index in [1.54, 1.807) is 31.2 Å². The van der Waals surface area contributed by atoms with E-state index in [9.17, 15) is 24.5 Å². The van der Waals surface area contributed by atoms with E-state index in [4.69, 9.17) is 0 Å². The average molecular weight is 384 g/mol. The molecule has 0 atom stereocenters. The zero-order valence-electron chi connectivity index (χ0n) is 15.5. The number of likely N-dealkylation sites (N-methyl/N-ethyl adjacent to an activating group) is 1. The Balaban J connectivity index is 2.02. The highest BCUT2D eigenvalue weighted by Crippen LogP contribution is 2.16. The maximum absolute atomic E-state index is 12.6. The van der Waals surface area contributed by atoms with Crippen molar-refractivity contribution in [3.63, 3.8) is 0 Å². The summed E-state index contributed by atoms with van der Waals surface area (Å²) in [7, 11) is 0. The lowest BCUT2D eigenvalue weighted by molar-refractivity contribution is -0.384. The molecule has 2 aromatic carbocycles. The molecule has 0 heterocycles. The Morgan fingerprint density at radius 2 is 1.64 bits per heavy atom. The third kappa shape index (κ3) is 5.63. The minimum atomic E-state index is -0.579. The summed E-state index contributed by atoms with van der Waals surface area (Å²) in [6.45, 7) is 3.17. The minimum Gasteiger partial charge on any atom is -0.330 e. The fourth-order valence-corrected chi connectivity index (χ4v) is 2.48. The molecule has 0 aromatic heterocycles. The zero-order valence-corrected chi connectivity index (χ0v) is 15.5. The predicted molar refractivity (Wildman–Crippen MR) is 104 cm³/mol. The third-order valence-corrected chi connectivity index (χ3v) is 3.80. The number of non-ortho nitro benzene ring substituents is 1. The van der Waals surface area contributed by atoms with Gasteiger partial charge in [0.15, 0.2) is 0 Å². The number of nitro benzene ring substituents is 1. The molecule has 0 bridgehead atoms. The minimum absolute atomic E-state index is 0.142. The highest BCUT2D eigenvalue weighted by Gasteiger charge is 2.19. The van der Waals surface area contributed by atoms with Gasteiger partial charge in [-0.15, -0.1) is 0 Å². The van der Waals surface area contributed by atoms with Gasteiger partial charge in [0.1, 0.15) is 6.54 Å². The molecule has 2 N–H and O–H groups in total. The van der Waals surface area contributed by atoms with Crippen LogP contribution in [0.25, 0.3) is 0 Å². The number of hydrogen-bond acceptors (Lipinski definition) is 5. The largest absolute Gasteiger partial charge is 0.330 e. The maximum atomic E-state index is 12.6. The first-order chi connectivity index (χ1) is 13.3. The Bertz CT molecular complexity index is 895. The topological polar surface area (TPSA) is 122 Å². The van der Waals surface area contributed by atoms with Crippen LogP contribution in [0.4, 0.5) is 17.1 Å². The third-order valence-electron chi connectivity index (χ3n) is 3.80. The second-order valence-corrected chi connectivity index (χ2v) is 5.93. The van der Waals surface area contributed by atoms with Gasteiger partial charge in [-0.05, 0) is 37.3 Å². The van der Waals surface area contributed by atoms with Gasteiger partial charge in [-0.25, -0.2) is 0 Å². The van der Waals surface area contributed by atoms with Crippen molar-refractivity contribution in [3.05, 3.63) is 64.2 Å². The van der Waals surface area contributed by atoms with Gasteiger partial charge in [0, 0.05) is 42.5 Å². The van der Waals surface area contributed by atoms with Crippen molar-refractivity contribution in [2.75, 3.05) is 23.7 Å². The van der Waals surface area contributed by atoms with Gasteiger partial charge in [-0.2, -0.15) is 0 Å². The highest BCUT2D eigenvalue weighted by atomic mass is 16.6. The van der Waals surface area contributed by atoms with Crippen LogP contribution >= 0.6 is 0 Å². The lowest BCUT2D eigenvalue weighted by Gasteiger charge is -2.20. The van der Waals surface area contributed by atoms with Gasteiger partial charge in [-0.1, -0.05) is 6.07 Å². The van der Waals surface area contributed by atoms with Crippen molar-refractivity contribution in [1.82, 2.24) is 4.90 Å². The molecule has 2 rings (SSSR count). The van der Waals surface area contributed by atoms with Crippen LogP contribution < -0.4 is 10.6 Å². The van der Waals surface area contributed by atoms with E-state index in [1.165, 1.54) is 36.1 Å². The summed E-state index contributed by atoms with van der Waals surface area (Å²) in [6, 6.07) is 11.9. The first-order valence-electron chi connectivity index (χ1n) is 8.51. The monoisotopic (exact) mass is 384 g/mol. The molecule has 0 aliphatic rings. The summed E-state index contributed by atoms with van der Waals surface area (Å²) in [5, 5.41) is 16.2. The van der Waals surface area contributed by atoms with Crippen LogP contribution in [0.1, 0.15) is 24.2 Å². The van der Waals surface area contributed by atoms with Gasteiger partial charge < -0.3 is 15.5 Å². The van der Waals surface area contributed by atoms with Crippen LogP contribution in [0.3, 0.4) is 0 Å². The van der Waals surface area contributed by atoms with Gasteiger partial charge in [0.25, 0.3) is 11.6 Å². The Hall–Kier alpha value is -3.75. The number of carbonyl (C=O) groups excluding carboxylic acids is 3. The summed E-state index contributed by atoms with van der Waals surface area (Å²) in [5.41, 5.74) is 1.06. The normalized spacial score (nSPS) is 10.1. The molecule has 146 valence electrons. The summed E-state index contributed by atoms with van der Waals surface area (Å²) >= 11 is 0. The summed E-state index contributed by atoms with van der Waals surface area (Å²) in [5.74, 6) is -1.08. The van der Waals surface area contributed by atoms with Crippen molar-refractivity contribution in [1.29, 1.82) is 0 Å². The molecule has 0 spiro atoms. The Kier molecular flexibility index (Phi) is 6.80. The van der Waals surface area contributed by atoms with Crippen LogP contribution in [0.2, 0.25) is 0 Å². The second kappa shape index (κ2) is 9.26. The van der Waals surface area contributed by atoms with Gasteiger partial charge in [-0.3, -0.25) is 24.5 Å². The Morgan fingerprint density at radius 1 is 1.04 bits per heavy atom. The summed E-state index contributed by atoms with van der Waals surface area (Å²) in [4.78, 5) is 47.4. The molecular weight excluding hydrogens is 364 g/mol. The second-order valence-electron chi connectivity index (χ2n) is 5.93. The van der Waals surface area contributed by atoms with Crippen molar-refractivity contribution in [3.8, 4) is 0 Å². The SMILES string of the molecule is CCN(CC(=O)Nc1ccc(NC(C)=O)cc1)C(=O)c1cccc([N+](=O)[O-])c1. The maximum Gasteiger partial charge on any atom is 0.270 e. The molecule has 2 aromatic rings. The van der Waals surface area contributed by atoms with Crippen molar-refractivity contribution < 1.29 is 19.3 Å². The van der Waals surface area contributed by atoms with E-state index in [0.717, 1.165) is 0 Å². The lowest BCUT2D eigenvalue weighted by atomic mass is 10.1. The molecular formula is C19H20N4O5. The molecule has 0 saturated heterocycles. The number of rotatable bonds is 7. The average Bonchev–Trinajstić information content (AvgIpc) is 2.66. The molecule has 0 radical (unpaired) electrons. The van der Waals surface area contributed by atoms with Crippen molar-refractivity contribution in [2.24, 2.45) is 0 Å². The van der Waals surface area contributed by atoms with Gasteiger partial charge >= 0.3 is 0 Å². The van der Waals surface area contributed by atoms with Crippen molar-refractivity contribution >= 4 is 34.8 Å². The number of benzene rings is 2. The Labute approximate surface area is 161 Å². The number of amides is 3. The first kappa shape index (κ1) is 20.6. The Morgan fingerprint density at radius 3 is 2.18 bits per heavy atom. The molecule has 0 unspecified atom stereocenters. The summed E-state index contributed by atoms with van der Waals surface area (Å²) < 4.78 is 0. The van der Waals surface area contributed by atoms with E-state index >= 15 is 0 Å². The lowest BCUT2D eigenvalue weighted by Crippen LogP contribution is -2.37. The predicted octanol–water partition coefficient (Wildman–Crippen LogP) is 2.65. The number of carbonyl (C=O) groups is 3. The van der Waals surface area contributed by atoms with Crippen LogP contribution in [0, 0.1) is 10.1 Å². The molecule has 28 heavy (non-hydrogen) atoms. The fourth-order valence-electron chi connectivity index (χ4n) is 2.48. The first-order valence-corrected chi connectivity index (χ1v) is 8.51. The number of nitrogens with one attached hydrogen (secondary N) is 2. The van der Waals surface area contributed by atoms with E-state index in [1.807, 2.05) is 0 Å². The zero-order chi connectivity index (χ0) is 20.7. The molecule has 0 fully saturated rings. The van der Waals surface area contributed by atoms with Gasteiger partial charge in [0.05, 0.1) is 4.92 Å². The number of nitro groups is 1. The number of anilines is 2. The van der Waals surface area contributed by atoms with Crippen LogP contribution in [-0.4, -0.2) is 40.6 Å².